The second kappa shape index (κ2) is 9.19. The Bertz CT molecular complexity index is 671. The van der Waals surface area contributed by atoms with Crippen LogP contribution in [-0.2, 0) is 12.8 Å². The van der Waals surface area contributed by atoms with Gasteiger partial charge in [0.2, 0.25) is 0 Å². The van der Waals surface area contributed by atoms with Gasteiger partial charge in [0.25, 0.3) is 0 Å². The summed E-state index contributed by atoms with van der Waals surface area (Å²) in [7, 11) is 2.15. The maximum atomic E-state index is 4.76. The highest BCUT2D eigenvalue weighted by Crippen LogP contribution is 2.26. The largest absolute Gasteiger partial charge is 0.384 e. The van der Waals surface area contributed by atoms with Gasteiger partial charge in [0.1, 0.15) is 0 Å². The van der Waals surface area contributed by atoms with E-state index in [-0.39, 0.29) is 5.34 Å². The van der Waals surface area contributed by atoms with E-state index in [1.165, 1.54) is 53.0 Å². The van der Waals surface area contributed by atoms with Crippen LogP contribution in [0.25, 0.3) is 0 Å². The molecule has 0 aromatic heterocycles. The molecule has 0 atom stereocenters. The zero-order chi connectivity index (χ0) is 17.5. The minimum absolute atomic E-state index is 0.194. The third-order valence-corrected chi connectivity index (χ3v) is 4.33. The van der Waals surface area contributed by atoms with Crippen LogP contribution in [0.5, 0.6) is 0 Å². The molecule has 2 nitrogen and oxygen atoms in total. The fraction of sp³-hybridized carbons (Fsp3) is 0.400. The molecular weight excluding hydrogens is 339 g/mol. The van der Waals surface area contributed by atoms with Gasteiger partial charge in [-0.1, -0.05) is 35.4 Å². The maximum Gasteiger partial charge on any atom is 0.0967 e. The molecule has 2 heterocycles. The Morgan fingerprint density at radius 1 is 0.958 bits per heavy atom. The standard InChI is InChI=1S/C10H13N.C9H11N.CH2Cl2/c1-8-3-4-10-9(7-8)5-6-11(10)2;1-7-2-3-9-8(6-7)4-5-10-9;2-1-3/h3-4,7H,5-6H2,1-2H3;2-3,6,10H,4-5H2,1H3;1H2. The summed E-state index contributed by atoms with van der Waals surface area (Å²) in [5.41, 5.74) is 8.45. The van der Waals surface area contributed by atoms with Crippen LogP contribution in [-0.4, -0.2) is 25.5 Å². The Hall–Kier alpha value is -1.38. The summed E-state index contributed by atoms with van der Waals surface area (Å²) in [6.07, 6.45) is 2.41. The van der Waals surface area contributed by atoms with E-state index in [0.29, 0.717) is 0 Å². The molecule has 0 saturated carbocycles. The Morgan fingerprint density at radius 3 is 2.29 bits per heavy atom. The number of hydrogen-bond acceptors (Lipinski definition) is 2. The van der Waals surface area contributed by atoms with Crippen molar-refractivity contribution in [3.63, 3.8) is 0 Å². The van der Waals surface area contributed by atoms with Crippen LogP contribution in [0.1, 0.15) is 22.3 Å². The number of nitrogens with one attached hydrogen (secondary N) is 1. The van der Waals surface area contributed by atoms with Gasteiger partial charge in [-0.25, -0.2) is 0 Å². The quantitative estimate of drug-likeness (QED) is 0.631. The molecule has 2 aliphatic rings. The lowest BCUT2D eigenvalue weighted by molar-refractivity contribution is 0.956. The van der Waals surface area contributed by atoms with Crippen LogP contribution < -0.4 is 10.2 Å². The Morgan fingerprint density at radius 2 is 1.58 bits per heavy atom. The number of halogens is 2. The first-order valence-corrected chi connectivity index (χ1v) is 9.38. The minimum Gasteiger partial charge on any atom is -0.384 e. The topological polar surface area (TPSA) is 15.3 Å². The summed E-state index contributed by atoms with van der Waals surface area (Å²) < 4.78 is 0. The summed E-state index contributed by atoms with van der Waals surface area (Å²) >= 11 is 9.53. The van der Waals surface area contributed by atoms with Gasteiger partial charge in [0, 0.05) is 31.5 Å². The van der Waals surface area contributed by atoms with E-state index >= 15 is 0 Å². The van der Waals surface area contributed by atoms with E-state index in [2.05, 4.69) is 67.5 Å². The monoisotopic (exact) mass is 364 g/mol. The van der Waals surface area contributed by atoms with Gasteiger partial charge in [-0.05, 0) is 49.9 Å². The van der Waals surface area contributed by atoms with E-state index < -0.39 is 0 Å². The average Bonchev–Trinajstić information content (AvgIpc) is 3.15. The van der Waals surface area contributed by atoms with Crippen LogP contribution in [0, 0.1) is 13.8 Å². The molecule has 0 fully saturated rings. The van der Waals surface area contributed by atoms with Crippen molar-refractivity contribution >= 4 is 34.6 Å². The van der Waals surface area contributed by atoms with Gasteiger partial charge in [0.15, 0.2) is 0 Å². The lowest BCUT2D eigenvalue weighted by atomic mass is 10.1. The van der Waals surface area contributed by atoms with Crippen molar-refractivity contribution in [2.24, 2.45) is 0 Å². The van der Waals surface area contributed by atoms with Gasteiger partial charge in [-0.2, -0.15) is 0 Å². The van der Waals surface area contributed by atoms with Crippen molar-refractivity contribution in [1.29, 1.82) is 0 Å². The molecular formula is C20H26Cl2N2. The van der Waals surface area contributed by atoms with E-state index in [4.69, 9.17) is 23.2 Å². The highest BCUT2D eigenvalue weighted by atomic mass is 35.5. The van der Waals surface area contributed by atoms with Crippen molar-refractivity contribution < 1.29 is 0 Å². The highest BCUT2D eigenvalue weighted by molar-refractivity contribution is 6.40. The van der Waals surface area contributed by atoms with E-state index in [1.807, 2.05) is 0 Å². The predicted octanol–water partition coefficient (Wildman–Crippen LogP) is 5.37. The van der Waals surface area contributed by atoms with Crippen LogP contribution in [0.2, 0.25) is 0 Å². The van der Waals surface area contributed by atoms with E-state index in [1.54, 1.807) is 0 Å². The normalized spacial score (nSPS) is 13.8. The number of rotatable bonds is 0. The van der Waals surface area contributed by atoms with Crippen LogP contribution in [0.15, 0.2) is 36.4 Å². The summed E-state index contributed by atoms with van der Waals surface area (Å²) in [5.74, 6) is 0. The molecule has 0 radical (unpaired) electrons. The first kappa shape index (κ1) is 19.0. The first-order chi connectivity index (χ1) is 11.5. The molecule has 4 rings (SSSR count). The lowest BCUT2D eigenvalue weighted by Gasteiger charge is -2.11. The van der Waals surface area contributed by atoms with Crippen LogP contribution in [0.3, 0.4) is 0 Å². The van der Waals surface area contributed by atoms with Gasteiger partial charge in [0.05, 0.1) is 5.34 Å². The fourth-order valence-corrected chi connectivity index (χ4v) is 3.13. The Kier molecular flexibility index (Phi) is 7.26. The molecule has 0 spiro atoms. The predicted molar refractivity (Wildman–Crippen MR) is 108 cm³/mol. The van der Waals surface area contributed by atoms with E-state index in [0.717, 1.165) is 6.54 Å². The molecule has 130 valence electrons. The molecule has 0 bridgehead atoms. The molecule has 0 saturated heterocycles. The Labute approximate surface area is 155 Å². The number of anilines is 2. The number of benzene rings is 2. The number of likely N-dealkylation sites (N-methyl/N-ethyl adjacent to an activating group) is 1. The molecule has 2 aliphatic heterocycles. The number of fused-ring (bicyclic) bond motifs is 2. The number of alkyl halides is 2. The SMILES string of the molecule is Cc1ccc2c(c1)CCN2.Cc1ccc2c(c1)CCN2C.ClCCl. The zero-order valence-electron chi connectivity index (χ0n) is 14.7. The number of nitrogens with zero attached hydrogens (tertiary/aromatic N) is 1. The molecule has 0 unspecified atom stereocenters. The summed E-state index contributed by atoms with van der Waals surface area (Å²) in [4.78, 5) is 2.31. The minimum atomic E-state index is 0.194. The second-order valence-corrected chi connectivity index (χ2v) is 7.05. The number of aryl methyl sites for hydroxylation is 2. The zero-order valence-corrected chi connectivity index (χ0v) is 16.2. The number of hydrogen-bond donors (Lipinski definition) is 1. The smallest absolute Gasteiger partial charge is 0.0967 e. The molecule has 2 aromatic carbocycles. The van der Waals surface area contributed by atoms with Crippen LogP contribution in [0.4, 0.5) is 11.4 Å². The van der Waals surface area contributed by atoms with Gasteiger partial charge < -0.3 is 10.2 Å². The average molecular weight is 365 g/mol. The third-order valence-electron chi connectivity index (χ3n) is 4.33. The second-order valence-electron chi connectivity index (χ2n) is 6.24. The molecule has 0 amide bonds. The van der Waals surface area contributed by atoms with Gasteiger partial charge >= 0.3 is 0 Å². The van der Waals surface area contributed by atoms with Crippen LogP contribution >= 0.6 is 23.2 Å². The molecule has 2 aromatic rings. The summed E-state index contributed by atoms with van der Waals surface area (Å²) in [6.45, 7) is 6.58. The van der Waals surface area contributed by atoms with Crippen molar-refractivity contribution in [3.05, 3.63) is 58.7 Å². The highest BCUT2D eigenvalue weighted by Gasteiger charge is 2.14. The first-order valence-electron chi connectivity index (χ1n) is 8.31. The molecule has 4 heteroatoms. The molecule has 0 aliphatic carbocycles. The van der Waals surface area contributed by atoms with Crippen molar-refractivity contribution in [2.45, 2.75) is 26.7 Å². The van der Waals surface area contributed by atoms with E-state index in [9.17, 15) is 0 Å². The maximum absolute atomic E-state index is 4.76. The fourth-order valence-electron chi connectivity index (χ4n) is 3.13. The summed E-state index contributed by atoms with van der Waals surface area (Å²) in [5, 5.41) is 3.52. The van der Waals surface area contributed by atoms with Crippen molar-refractivity contribution in [3.8, 4) is 0 Å². The third kappa shape index (κ3) is 5.06. The molecule has 24 heavy (non-hydrogen) atoms. The van der Waals surface area contributed by atoms with Gasteiger partial charge in [-0.15, -0.1) is 23.2 Å². The Balaban J connectivity index is 0.000000150. The molecule has 1 N–H and O–H groups in total. The summed E-state index contributed by atoms with van der Waals surface area (Å²) in [6, 6.07) is 13.3. The lowest BCUT2D eigenvalue weighted by Crippen LogP contribution is -2.12. The van der Waals surface area contributed by atoms with Crippen molar-refractivity contribution in [1.82, 2.24) is 0 Å². The van der Waals surface area contributed by atoms with Gasteiger partial charge in [-0.3, -0.25) is 0 Å². The van der Waals surface area contributed by atoms with Crippen molar-refractivity contribution in [2.75, 3.05) is 35.7 Å².